The molecule has 0 aliphatic carbocycles. The van der Waals surface area contributed by atoms with Gasteiger partial charge in [-0.3, -0.25) is 14.3 Å². The van der Waals surface area contributed by atoms with Crippen molar-refractivity contribution in [2.45, 2.75) is 26.7 Å². The van der Waals surface area contributed by atoms with E-state index in [-0.39, 0.29) is 11.5 Å². The third kappa shape index (κ3) is 4.92. The summed E-state index contributed by atoms with van der Waals surface area (Å²) in [6, 6.07) is 7.39. The summed E-state index contributed by atoms with van der Waals surface area (Å²) in [5.74, 6) is 7.81. The summed E-state index contributed by atoms with van der Waals surface area (Å²) in [6.07, 6.45) is 4.09. The number of aromatic nitrogens is 2. The molecule has 1 aliphatic rings. The Morgan fingerprint density at radius 1 is 1.19 bits per heavy atom. The van der Waals surface area contributed by atoms with Crippen molar-refractivity contribution in [1.29, 1.82) is 0 Å². The molecule has 4 rings (SSSR count). The van der Waals surface area contributed by atoms with Gasteiger partial charge in [0.25, 0.3) is 5.56 Å². The minimum absolute atomic E-state index is 0.114. The maximum atomic E-state index is 13.1. The van der Waals surface area contributed by atoms with Gasteiger partial charge in [-0.15, -0.1) is 11.3 Å². The molecule has 1 aromatic carbocycles. The van der Waals surface area contributed by atoms with Crippen LogP contribution in [-0.4, -0.2) is 47.8 Å². The van der Waals surface area contributed by atoms with Crippen molar-refractivity contribution in [3.63, 3.8) is 0 Å². The van der Waals surface area contributed by atoms with Gasteiger partial charge in [0, 0.05) is 18.5 Å². The van der Waals surface area contributed by atoms with Crippen LogP contribution >= 0.6 is 11.3 Å². The first-order chi connectivity index (χ1) is 15.0. The molecular weight excluding hydrogens is 410 g/mol. The second-order valence-corrected chi connectivity index (χ2v) is 8.95. The Morgan fingerprint density at radius 3 is 2.74 bits per heavy atom. The summed E-state index contributed by atoms with van der Waals surface area (Å²) < 4.78 is 13.6. The van der Waals surface area contributed by atoms with Crippen LogP contribution in [0.4, 0.5) is 0 Å². The van der Waals surface area contributed by atoms with Gasteiger partial charge < -0.3 is 9.47 Å². The summed E-state index contributed by atoms with van der Waals surface area (Å²) >= 11 is 1.38. The number of likely N-dealkylation sites (tertiary alicyclic amines) is 1. The standard InChI is InChI=1S/C24H27N3O3S/c1-17(2)6-8-19-15-20-23(31-19)24(28)27(16-25-20)18-7-9-21(22(14-18)29-3)30-13-12-26-10-4-5-11-26/h7,9,14-17H,4-5,10-13H2,1-3H3. The molecule has 0 radical (unpaired) electrons. The lowest BCUT2D eigenvalue weighted by Crippen LogP contribution is -2.25. The summed E-state index contributed by atoms with van der Waals surface area (Å²) in [4.78, 5) is 20.8. The summed E-state index contributed by atoms with van der Waals surface area (Å²) in [6.45, 7) is 7.89. The summed E-state index contributed by atoms with van der Waals surface area (Å²) in [5.41, 5.74) is 1.25. The predicted octanol–water partition coefficient (Wildman–Crippen LogP) is 3.94. The van der Waals surface area contributed by atoms with Gasteiger partial charge in [0.05, 0.1) is 23.2 Å². The van der Waals surface area contributed by atoms with E-state index in [1.807, 2.05) is 38.1 Å². The number of nitrogens with zero attached hydrogens (tertiary/aromatic N) is 3. The van der Waals surface area contributed by atoms with Gasteiger partial charge >= 0.3 is 0 Å². The van der Waals surface area contributed by atoms with Crippen LogP contribution in [0.3, 0.4) is 0 Å². The highest BCUT2D eigenvalue weighted by Crippen LogP contribution is 2.30. The highest BCUT2D eigenvalue weighted by Gasteiger charge is 2.14. The smallest absolute Gasteiger partial charge is 0.275 e. The van der Waals surface area contributed by atoms with E-state index in [4.69, 9.17) is 9.47 Å². The second-order valence-electron chi connectivity index (χ2n) is 7.90. The minimum Gasteiger partial charge on any atom is -0.493 e. The van der Waals surface area contributed by atoms with Gasteiger partial charge in [0.2, 0.25) is 0 Å². The lowest BCUT2D eigenvalue weighted by atomic mass is 10.2. The molecule has 2 aromatic heterocycles. The molecule has 1 fully saturated rings. The lowest BCUT2D eigenvalue weighted by molar-refractivity contribution is 0.230. The van der Waals surface area contributed by atoms with E-state index in [1.54, 1.807) is 13.4 Å². The molecule has 0 amide bonds. The van der Waals surface area contributed by atoms with E-state index in [9.17, 15) is 4.79 Å². The topological polar surface area (TPSA) is 56.6 Å². The molecule has 1 aliphatic heterocycles. The number of hydrogen-bond acceptors (Lipinski definition) is 6. The van der Waals surface area contributed by atoms with E-state index in [0.29, 0.717) is 34.0 Å². The zero-order chi connectivity index (χ0) is 21.8. The van der Waals surface area contributed by atoms with Crippen LogP contribution in [0.5, 0.6) is 11.5 Å². The van der Waals surface area contributed by atoms with Gasteiger partial charge in [-0.2, -0.15) is 0 Å². The number of ether oxygens (including phenoxy) is 2. The van der Waals surface area contributed by atoms with Crippen LogP contribution in [0.15, 0.2) is 35.4 Å². The van der Waals surface area contributed by atoms with Gasteiger partial charge in [-0.25, -0.2) is 4.98 Å². The number of benzene rings is 1. The van der Waals surface area contributed by atoms with Crippen molar-refractivity contribution >= 4 is 21.6 Å². The fraction of sp³-hybridized carbons (Fsp3) is 0.417. The molecule has 0 bridgehead atoms. The zero-order valence-corrected chi connectivity index (χ0v) is 19.0. The zero-order valence-electron chi connectivity index (χ0n) is 18.2. The first kappa shape index (κ1) is 21.4. The van der Waals surface area contributed by atoms with Crippen LogP contribution < -0.4 is 15.0 Å². The van der Waals surface area contributed by atoms with Crippen molar-refractivity contribution in [3.8, 4) is 29.0 Å². The Kier molecular flexibility index (Phi) is 6.59. The molecule has 162 valence electrons. The summed E-state index contributed by atoms with van der Waals surface area (Å²) in [5, 5.41) is 0. The molecule has 0 unspecified atom stereocenters. The predicted molar refractivity (Wildman–Crippen MR) is 125 cm³/mol. The Hall–Kier alpha value is -2.82. The van der Waals surface area contributed by atoms with E-state index in [2.05, 4.69) is 21.7 Å². The Morgan fingerprint density at radius 2 is 2.00 bits per heavy atom. The maximum Gasteiger partial charge on any atom is 0.275 e. The SMILES string of the molecule is COc1cc(-n2cnc3cc(C#CC(C)C)sc3c2=O)ccc1OCCN1CCCC1. The maximum absolute atomic E-state index is 13.1. The first-order valence-corrected chi connectivity index (χ1v) is 11.4. The molecule has 1 saturated heterocycles. The molecule has 3 heterocycles. The molecule has 7 heteroatoms. The third-order valence-corrected chi connectivity index (χ3v) is 6.24. The number of fused-ring (bicyclic) bond motifs is 1. The molecule has 3 aromatic rings. The van der Waals surface area contributed by atoms with Gasteiger partial charge in [0.15, 0.2) is 11.5 Å². The number of rotatable bonds is 6. The number of thiophene rings is 1. The Labute approximate surface area is 186 Å². The van der Waals surface area contributed by atoms with E-state index in [0.717, 1.165) is 24.5 Å². The van der Waals surface area contributed by atoms with E-state index < -0.39 is 0 Å². The fourth-order valence-electron chi connectivity index (χ4n) is 3.59. The van der Waals surface area contributed by atoms with E-state index >= 15 is 0 Å². The lowest BCUT2D eigenvalue weighted by Gasteiger charge is -2.17. The molecule has 6 nitrogen and oxygen atoms in total. The average molecular weight is 438 g/mol. The Balaban J connectivity index is 1.57. The molecule has 0 atom stereocenters. The molecule has 0 spiro atoms. The van der Waals surface area contributed by atoms with Crippen molar-refractivity contribution in [2.75, 3.05) is 33.4 Å². The normalized spacial score (nSPS) is 14.1. The second kappa shape index (κ2) is 9.54. The van der Waals surface area contributed by atoms with Crippen LogP contribution in [0.1, 0.15) is 31.6 Å². The van der Waals surface area contributed by atoms with Crippen LogP contribution in [-0.2, 0) is 0 Å². The highest BCUT2D eigenvalue weighted by atomic mass is 32.1. The number of methoxy groups -OCH3 is 1. The minimum atomic E-state index is -0.114. The van der Waals surface area contributed by atoms with Crippen molar-refractivity contribution in [1.82, 2.24) is 14.5 Å². The van der Waals surface area contributed by atoms with Crippen molar-refractivity contribution in [3.05, 3.63) is 45.8 Å². The third-order valence-electron chi connectivity index (χ3n) is 5.21. The van der Waals surface area contributed by atoms with Gasteiger partial charge in [-0.05, 0) is 44.1 Å². The molecule has 31 heavy (non-hydrogen) atoms. The Bertz CT molecular complexity index is 1180. The first-order valence-electron chi connectivity index (χ1n) is 10.6. The van der Waals surface area contributed by atoms with Crippen molar-refractivity contribution in [2.24, 2.45) is 5.92 Å². The number of hydrogen-bond donors (Lipinski definition) is 0. The van der Waals surface area contributed by atoms with Crippen molar-refractivity contribution < 1.29 is 9.47 Å². The monoisotopic (exact) mass is 437 g/mol. The fourth-order valence-corrected chi connectivity index (χ4v) is 4.49. The molecule has 0 saturated carbocycles. The quantitative estimate of drug-likeness (QED) is 0.547. The van der Waals surface area contributed by atoms with Crippen LogP contribution in [0.25, 0.3) is 15.9 Å². The largest absolute Gasteiger partial charge is 0.493 e. The molecular formula is C24H27N3O3S. The summed E-state index contributed by atoms with van der Waals surface area (Å²) in [7, 11) is 1.61. The van der Waals surface area contributed by atoms with Crippen LogP contribution in [0, 0.1) is 17.8 Å². The average Bonchev–Trinajstić information content (AvgIpc) is 3.43. The molecule has 0 N–H and O–H groups in total. The van der Waals surface area contributed by atoms with E-state index in [1.165, 1.54) is 28.7 Å². The van der Waals surface area contributed by atoms with Crippen LogP contribution in [0.2, 0.25) is 0 Å². The highest BCUT2D eigenvalue weighted by molar-refractivity contribution is 7.19. The van der Waals surface area contributed by atoms with Gasteiger partial charge in [0.1, 0.15) is 17.6 Å². The van der Waals surface area contributed by atoms with Gasteiger partial charge in [-0.1, -0.05) is 25.7 Å².